The fourth-order valence-electron chi connectivity index (χ4n) is 3.86. The molecule has 168 valence electrons. The van der Waals surface area contributed by atoms with Crippen LogP contribution in [0.3, 0.4) is 0 Å². The van der Waals surface area contributed by atoms with Crippen LogP contribution in [0, 0.1) is 13.8 Å². The molecule has 3 aromatic rings. The Morgan fingerprint density at radius 3 is 2.62 bits per heavy atom. The number of nitrogens with one attached hydrogen (secondary N) is 1. The van der Waals surface area contributed by atoms with Gasteiger partial charge in [-0.1, -0.05) is 13.0 Å². The van der Waals surface area contributed by atoms with Gasteiger partial charge in [-0.2, -0.15) is 0 Å². The summed E-state index contributed by atoms with van der Waals surface area (Å²) in [5, 5.41) is 6.05. The van der Waals surface area contributed by atoms with Crippen LogP contribution in [-0.2, 0) is 6.61 Å². The number of carbonyl (C=O) groups is 1. The highest BCUT2D eigenvalue weighted by Crippen LogP contribution is 2.25. The Morgan fingerprint density at radius 2 is 1.94 bits per heavy atom. The number of amides is 1. The number of rotatable bonds is 7. The summed E-state index contributed by atoms with van der Waals surface area (Å²) in [6, 6.07) is 13.5. The van der Waals surface area contributed by atoms with Crippen molar-refractivity contribution in [2.75, 3.05) is 42.9 Å². The predicted octanol–water partition coefficient (Wildman–Crippen LogP) is 4.73. The summed E-state index contributed by atoms with van der Waals surface area (Å²) in [5.41, 5.74) is 4.56. The van der Waals surface area contributed by atoms with Crippen molar-refractivity contribution in [2.45, 2.75) is 27.4 Å². The normalized spacial score (nSPS) is 14.4. The molecule has 2 heterocycles. The van der Waals surface area contributed by atoms with Crippen LogP contribution in [0.4, 0.5) is 11.4 Å². The number of hydrogen-bond donors (Lipinski definition) is 1. The number of hydrogen-bond acceptors (Lipinski definition) is 6. The van der Waals surface area contributed by atoms with Crippen LogP contribution in [0.25, 0.3) is 0 Å². The number of piperazine rings is 1. The van der Waals surface area contributed by atoms with Crippen molar-refractivity contribution in [3.8, 4) is 5.75 Å². The molecule has 0 radical (unpaired) electrons. The first-order chi connectivity index (χ1) is 15.5. The van der Waals surface area contributed by atoms with E-state index >= 15 is 0 Å². The highest BCUT2D eigenvalue weighted by molar-refractivity contribution is 7.09. The number of nitrogens with zero attached hydrogens (tertiary/aromatic N) is 3. The Labute approximate surface area is 193 Å². The van der Waals surface area contributed by atoms with Gasteiger partial charge in [-0.3, -0.25) is 4.79 Å². The van der Waals surface area contributed by atoms with Crippen LogP contribution in [-0.4, -0.2) is 48.5 Å². The number of carbonyl (C=O) groups excluding carboxylic acids is 1. The third-order valence-corrected chi connectivity index (χ3v) is 6.61. The van der Waals surface area contributed by atoms with Crippen LogP contribution < -0.4 is 15.0 Å². The zero-order chi connectivity index (χ0) is 22.5. The van der Waals surface area contributed by atoms with E-state index < -0.39 is 0 Å². The first-order valence-electron chi connectivity index (χ1n) is 11.0. The highest BCUT2D eigenvalue weighted by atomic mass is 32.1. The summed E-state index contributed by atoms with van der Waals surface area (Å²) in [5.74, 6) is 0.508. The molecule has 0 bridgehead atoms. The first-order valence-corrected chi connectivity index (χ1v) is 11.9. The molecule has 0 atom stereocenters. The molecule has 6 nitrogen and oxygen atoms in total. The fraction of sp³-hybridized carbons (Fsp3) is 0.360. The van der Waals surface area contributed by atoms with E-state index in [4.69, 9.17) is 4.74 Å². The Balaban J connectivity index is 1.38. The van der Waals surface area contributed by atoms with Gasteiger partial charge in [-0.25, -0.2) is 4.98 Å². The van der Waals surface area contributed by atoms with E-state index in [-0.39, 0.29) is 5.91 Å². The summed E-state index contributed by atoms with van der Waals surface area (Å²) in [6.07, 6.45) is 0. The number of benzene rings is 2. The summed E-state index contributed by atoms with van der Waals surface area (Å²) in [7, 11) is 0. The molecule has 1 aromatic heterocycles. The second-order valence-electron chi connectivity index (χ2n) is 8.05. The number of ether oxygens (including phenoxy) is 1. The van der Waals surface area contributed by atoms with Crippen LogP contribution >= 0.6 is 11.3 Å². The van der Waals surface area contributed by atoms with Crippen LogP contribution in [0.5, 0.6) is 5.75 Å². The Morgan fingerprint density at radius 1 is 1.12 bits per heavy atom. The Hall–Kier alpha value is -2.90. The van der Waals surface area contributed by atoms with Gasteiger partial charge in [0.2, 0.25) is 0 Å². The smallest absolute Gasteiger partial charge is 0.255 e. The molecule has 0 aliphatic carbocycles. The van der Waals surface area contributed by atoms with Crippen molar-refractivity contribution in [1.29, 1.82) is 0 Å². The molecule has 1 saturated heterocycles. The van der Waals surface area contributed by atoms with Gasteiger partial charge in [0.1, 0.15) is 12.4 Å². The topological polar surface area (TPSA) is 57.7 Å². The molecule has 0 unspecified atom stereocenters. The lowest BCUT2D eigenvalue weighted by molar-refractivity contribution is 0.102. The largest absolute Gasteiger partial charge is 0.487 e. The van der Waals surface area contributed by atoms with Gasteiger partial charge in [0.25, 0.3) is 5.91 Å². The number of aryl methyl sites for hydroxylation is 2. The predicted molar refractivity (Wildman–Crippen MR) is 131 cm³/mol. The lowest BCUT2D eigenvalue weighted by Crippen LogP contribution is -2.46. The van der Waals surface area contributed by atoms with E-state index in [0.29, 0.717) is 17.9 Å². The third-order valence-electron chi connectivity index (χ3n) is 5.79. The summed E-state index contributed by atoms with van der Waals surface area (Å²) in [6.45, 7) is 12.0. The maximum atomic E-state index is 12.9. The number of aromatic nitrogens is 1. The molecular formula is C25H30N4O2S. The second kappa shape index (κ2) is 10.1. The second-order valence-corrected chi connectivity index (χ2v) is 9.11. The van der Waals surface area contributed by atoms with Crippen molar-refractivity contribution in [3.63, 3.8) is 0 Å². The quantitative estimate of drug-likeness (QED) is 0.564. The van der Waals surface area contributed by atoms with E-state index in [1.807, 2.05) is 37.4 Å². The number of anilines is 2. The van der Waals surface area contributed by atoms with E-state index in [9.17, 15) is 4.79 Å². The van der Waals surface area contributed by atoms with Crippen molar-refractivity contribution >= 4 is 28.6 Å². The average Bonchev–Trinajstić information content (AvgIpc) is 3.24. The summed E-state index contributed by atoms with van der Waals surface area (Å²) in [4.78, 5) is 22.1. The van der Waals surface area contributed by atoms with Crippen molar-refractivity contribution < 1.29 is 9.53 Å². The molecule has 7 heteroatoms. The lowest BCUT2D eigenvalue weighted by atomic mass is 10.1. The van der Waals surface area contributed by atoms with Crippen LogP contribution in [0.15, 0.2) is 47.8 Å². The van der Waals surface area contributed by atoms with Gasteiger partial charge in [-0.05, 0) is 62.4 Å². The minimum atomic E-state index is -0.146. The fourth-order valence-corrected chi connectivity index (χ4v) is 4.46. The number of likely N-dealkylation sites (N-methyl/N-ethyl adjacent to an activating group) is 1. The SMILES string of the molecule is CCN1CCN(c2ccc(NC(=O)c3cccc(OCc4csc(C)n4)c3)c(C)c2)CC1. The molecule has 2 aromatic carbocycles. The van der Waals surface area contributed by atoms with Gasteiger partial charge in [0, 0.05) is 48.5 Å². The monoisotopic (exact) mass is 450 g/mol. The van der Waals surface area contributed by atoms with Gasteiger partial charge >= 0.3 is 0 Å². The zero-order valence-corrected chi connectivity index (χ0v) is 19.7. The van der Waals surface area contributed by atoms with Gasteiger partial charge in [0.15, 0.2) is 0 Å². The lowest BCUT2D eigenvalue weighted by Gasteiger charge is -2.35. The number of thiazole rings is 1. The molecule has 1 fully saturated rings. The highest BCUT2D eigenvalue weighted by Gasteiger charge is 2.17. The first kappa shape index (κ1) is 22.3. The van der Waals surface area contributed by atoms with Crippen molar-refractivity contribution in [3.05, 3.63) is 69.7 Å². The molecule has 4 rings (SSSR count). The molecule has 1 N–H and O–H groups in total. The maximum absolute atomic E-state index is 12.9. The average molecular weight is 451 g/mol. The van der Waals surface area contributed by atoms with E-state index in [1.54, 1.807) is 23.5 Å². The van der Waals surface area contributed by atoms with Gasteiger partial charge in [0.05, 0.1) is 10.7 Å². The molecule has 1 aliphatic rings. The standard InChI is InChI=1S/C25H30N4O2S/c1-4-28-10-12-29(13-11-28)22-8-9-24(18(2)14-22)27-25(30)20-6-5-7-23(15-20)31-16-21-17-32-19(3)26-21/h5-9,14-15,17H,4,10-13,16H2,1-3H3,(H,27,30). The molecule has 32 heavy (non-hydrogen) atoms. The van der Waals surface area contributed by atoms with Crippen LogP contribution in [0.2, 0.25) is 0 Å². The van der Waals surface area contributed by atoms with E-state index in [2.05, 4.69) is 39.2 Å². The summed E-state index contributed by atoms with van der Waals surface area (Å²) < 4.78 is 5.82. The molecule has 1 amide bonds. The minimum Gasteiger partial charge on any atom is -0.487 e. The zero-order valence-electron chi connectivity index (χ0n) is 18.9. The van der Waals surface area contributed by atoms with E-state index in [1.165, 1.54) is 5.69 Å². The molecule has 0 saturated carbocycles. The summed E-state index contributed by atoms with van der Waals surface area (Å²) >= 11 is 1.60. The van der Waals surface area contributed by atoms with Crippen molar-refractivity contribution in [2.24, 2.45) is 0 Å². The minimum absolute atomic E-state index is 0.146. The molecule has 0 spiro atoms. The Kier molecular flexibility index (Phi) is 7.07. The molecule has 1 aliphatic heterocycles. The van der Waals surface area contributed by atoms with E-state index in [0.717, 1.165) is 54.7 Å². The third kappa shape index (κ3) is 5.47. The van der Waals surface area contributed by atoms with Gasteiger partial charge < -0.3 is 19.9 Å². The maximum Gasteiger partial charge on any atom is 0.255 e. The van der Waals surface area contributed by atoms with Gasteiger partial charge in [-0.15, -0.1) is 11.3 Å². The molecular weight excluding hydrogens is 420 g/mol. The Bertz CT molecular complexity index is 1070. The van der Waals surface area contributed by atoms with Crippen molar-refractivity contribution in [1.82, 2.24) is 9.88 Å². The van der Waals surface area contributed by atoms with Crippen LogP contribution in [0.1, 0.15) is 33.5 Å².